The number of amidine groups is 1. The molecule has 11 heteroatoms. The highest BCUT2D eigenvalue weighted by molar-refractivity contribution is 7.90. The van der Waals surface area contributed by atoms with Gasteiger partial charge in [0.15, 0.2) is 0 Å². The predicted molar refractivity (Wildman–Crippen MR) is 156 cm³/mol. The maximum Gasteiger partial charge on any atom is 0.148 e. The summed E-state index contributed by atoms with van der Waals surface area (Å²) >= 11 is 6.48. The van der Waals surface area contributed by atoms with Crippen molar-refractivity contribution in [2.24, 2.45) is 15.9 Å². The maximum absolute atomic E-state index is 13.4. The molecular formula is C29H28ClFN4O4S. The van der Waals surface area contributed by atoms with Gasteiger partial charge in [-0.2, -0.15) is 0 Å². The Bertz CT molecular complexity index is 1630. The smallest absolute Gasteiger partial charge is 0.148 e. The topological polar surface area (TPSA) is 105 Å². The van der Waals surface area contributed by atoms with Crippen molar-refractivity contribution in [1.29, 1.82) is 0 Å². The highest BCUT2D eigenvalue weighted by atomic mass is 35.5. The fourth-order valence-electron chi connectivity index (χ4n) is 4.36. The van der Waals surface area contributed by atoms with E-state index in [1.54, 1.807) is 24.3 Å². The van der Waals surface area contributed by atoms with Crippen LogP contribution < -0.4 is 15.4 Å². The summed E-state index contributed by atoms with van der Waals surface area (Å²) < 4.78 is 47.8. The van der Waals surface area contributed by atoms with Crippen molar-refractivity contribution in [3.8, 4) is 5.75 Å². The summed E-state index contributed by atoms with van der Waals surface area (Å²) in [5.41, 5.74) is 3.34. The number of rotatable bonds is 10. The summed E-state index contributed by atoms with van der Waals surface area (Å²) in [6.45, 7) is 0.998. The first kappa shape index (κ1) is 27.8. The van der Waals surface area contributed by atoms with Crippen LogP contribution >= 0.6 is 11.6 Å². The van der Waals surface area contributed by atoms with Gasteiger partial charge in [-0.05, 0) is 66.1 Å². The number of hydrogen-bond acceptors (Lipinski definition) is 8. The third kappa shape index (κ3) is 7.26. The molecule has 2 aromatic carbocycles. The average molecular weight is 583 g/mol. The molecule has 0 radical (unpaired) electrons. The van der Waals surface area contributed by atoms with E-state index in [2.05, 4.69) is 20.6 Å². The van der Waals surface area contributed by atoms with Crippen LogP contribution in [0, 0.1) is 11.7 Å². The lowest BCUT2D eigenvalue weighted by molar-refractivity contribution is 0.306. The average Bonchev–Trinajstić information content (AvgIpc) is 3.39. The number of halogens is 2. The Balaban J connectivity index is 1.21. The molecule has 8 nitrogen and oxygen atoms in total. The van der Waals surface area contributed by atoms with Crippen LogP contribution in [0.4, 0.5) is 10.1 Å². The van der Waals surface area contributed by atoms with E-state index in [1.165, 1.54) is 24.7 Å². The molecule has 1 aliphatic carbocycles. The van der Waals surface area contributed by atoms with Crippen molar-refractivity contribution in [1.82, 2.24) is 5.32 Å². The second-order valence-corrected chi connectivity index (χ2v) is 12.2. The van der Waals surface area contributed by atoms with Gasteiger partial charge in [-0.15, -0.1) is 0 Å². The summed E-state index contributed by atoms with van der Waals surface area (Å²) in [7, 11) is -3.01. The molecule has 0 amide bonds. The summed E-state index contributed by atoms with van der Waals surface area (Å²) in [6, 6.07) is 15.4. The molecule has 40 heavy (non-hydrogen) atoms. The number of nitrogens with one attached hydrogen (secondary N) is 2. The Morgan fingerprint density at radius 3 is 2.83 bits per heavy atom. The number of allylic oxidation sites excluding steroid dienone is 3. The van der Waals surface area contributed by atoms with Gasteiger partial charge in [0.2, 0.25) is 0 Å². The van der Waals surface area contributed by atoms with Gasteiger partial charge in [0.05, 0.1) is 28.9 Å². The van der Waals surface area contributed by atoms with Gasteiger partial charge in [0.25, 0.3) is 0 Å². The summed E-state index contributed by atoms with van der Waals surface area (Å²) in [5, 5.41) is 6.87. The minimum absolute atomic E-state index is 0.0759. The SMILES string of the molecule is CS(=O)(=O)CCNCc1ccc(C2=CC=C3N=CN=C(Nc4ccc(OCc5cccc(F)c5)c(Cl)c4)C3C2)o1. The molecule has 0 bridgehead atoms. The second-order valence-electron chi connectivity index (χ2n) is 9.56. The quantitative estimate of drug-likeness (QED) is 0.300. The first-order chi connectivity index (χ1) is 19.2. The number of ether oxygens (including phenoxy) is 1. The van der Waals surface area contributed by atoms with Crippen molar-refractivity contribution in [3.05, 3.63) is 100 Å². The lowest BCUT2D eigenvalue weighted by Gasteiger charge is -2.26. The number of fused-ring (bicyclic) bond motifs is 1. The number of hydrogen-bond donors (Lipinski definition) is 2. The Kier molecular flexibility index (Phi) is 8.49. The molecule has 2 aliphatic rings. The molecule has 1 unspecified atom stereocenters. The van der Waals surface area contributed by atoms with E-state index < -0.39 is 9.84 Å². The number of aliphatic imine (C=N–C) groups is 2. The normalized spacial score (nSPS) is 16.6. The molecule has 208 valence electrons. The van der Waals surface area contributed by atoms with E-state index in [4.69, 9.17) is 20.8 Å². The van der Waals surface area contributed by atoms with Crippen LogP contribution in [0.5, 0.6) is 5.75 Å². The van der Waals surface area contributed by atoms with Gasteiger partial charge in [-0.25, -0.2) is 22.8 Å². The zero-order valence-corrected chi connectivity index (χ0v) is 23.3. The fraction of sp³-hybridized carbons (Fsp3) is 0.241. The zero-order valence-electron chi connectivity index (χ0n) is 21.7. The van der Waals surface area contributed by atoms with Gasteiger partial charge in [-0.3, -0.25) is 0 Å². The predicted octanol–water partition coefficient (Wildman–Crippen LogP) is 5.63. The number of benzene rings is 2. The third-order valence-electron chi connectivity index (χ3n) is 6.38. The molecule has 2 heterocycles. The molecule has 1 aromatic heterocycles. The maximum atomic E-state index is 13.4. The zero-order chi connectivity index (χ0) is 28.1. The van der Waals surface area contributed by atoms with Crippen LogP contribution in [0.2, 0.25) is 5.02 Å². The molecule has 5 rings (SSSR count). The Morgan fingerprint density at radius 1 is 1.15 bits per heavy atom. The van der Waals surface area contributed by atoms with Gasteiger partial charge in [-0.1, -0.05) is 29.8 Å². The van der Waals surface area contributed by atoms with Crippen LogP contribution in [0.1, 0.15) is 23.5 Å². The van der Waals surface area contributed by atoms with Gasteiger partial charge < -0.3 is 19.8 Å². The van der Waals surface area contributed by atoms with E-state index in [0.29, 0.717) is 35.8 Å². The highest BCUT2D eigenvalue weighted by Gasteiger charge is 2.28. The van der Waals surface area contributed by atoms with E-state index >= 15 is 0 Å². The van der Waals surface area contributed by atoms with Crippen LogP contribution in [-0.2, 0) is 23.0 Å². The Hall–Kier alpha value is -3.73. The van der Waals surface area contributed by atoms with Crippen LogP contribution in [-0.4, -0.2) is 39.1 Å². The van der Waals surface area contributed by atoms with Crippen LogP contribution in [0.25, 0.3) is 5.57 Å². The molecule has 0 fully saturated rings. The van der Waals surface area contributed by atoms with E-state index in [-0.39, 0.29) is 24.1 Å². The Morgan fingerprint density at radius 2 is 2.02 bits per heavy atom. The molecule has 3 aromatic rings. The van der Waals surface area contributed by atoms with Crippen molar-refractivity contribution < 1.29 is 22.0 Å². The third-order valence-corrected chi connectivity index (χ3v) is 7.63. The number of furan rings is 1. The summed E-state index contributed by atoms with van der Waals surface area (Å²) in [4.78, 5) is 8.93. The minimum Gasteiger partial charge on any atom is -0.487 e. The number of nitrogens with zero attached hydrogens (tertiary/aromatic N) is 2. The van der Waals surface area contributed by atoms with E-state index in [9.17, 15) is 12.8 Å². The van der Waals surface area contributed by atoms with Crippen LogP contribution in [0.15, 0.2) is 86.8 Å². The minimum atomic E-state index is -3.01. The Labute approximate surface area is 237 Å². The molecule has 0 saturated carbocycles. The molecule has 1 aliphatic heterocycles. The largest absolute Gasteiger partial charge is 0.487 e. The van der Waals surface area contributed by atoms with Crippen LogP contribution in [0.3, 0.4) is 0 Å². The molecular weight excluding hydrogens is 555 g/mol. The first-order valence-corrected chi connectivity index (χ1v) is 15.1. The molecule has 1 atom stereocenters. The summed E-state index contributed by atoms with van der Waals surface area (Å²) in [5.74, 6) is 2.34. The first-order valence-electron chi connectivity index (χ1n) is 12.7. The number of anilines is 1. The second kappa shape index (κ2) is 12.2. The molecule has 0 saturated heterocycles. The monoisotopic (exact) mass is 582 g/mol. The fourth-order valence-corrected chi connectivity index (χ4v) is 5.11. The van der Waals surface area contributed by atoms with E-state index in [0.717, 1.165) is 34.3 Å². The van der Waals surface area contributed by atoms with Crippen molar-refractivity contribution >= 4 is 44.9 Å². The molecule has 0 spiro atoms. The van der Waals surface area contributed by atoms with Gasteiger partial charge in [0, 0.05) is 18.5 Å². The lowest BCUT2D eigenvalue weighted by Crippen LogP contribution is -2.28. The highest BCUT2D eigenvalue weighted by Crippen LogP contribution is 2.36. The van der Waals surface area contributed by atoms with Crippen molar-refractivity contribution in [3.63, 3.8) is 0 Å². The van der Waals surface area contributed by atoms with Crippen molar-refractivity contribution in [2.75, 3.05) is 23.9 Å². The number of sulfone groups is 1. The lowest BCUT2D eigenvalue weighted by atomic mass is 9.88. The standard InChI is InChI=1S/C29H28ClFN4O4S/c1-40(36,37)12-11-32-16-23-7-10-27(39-23)20-5-8-26-24(14-20)29(34-18-33-26)35-22-6-9-28(25(30)15-22)38-17-19-3-2-4-21(31)13-19/h2-10,13,15,18,24,32H,11-12,14,16-17H2,1H3,(H,33,34,35). The summed E-state index contributed by atoms with van der Waals surface area (Å²) in [6.07, 6.45) is 7.32. The van der Waals surface area contributed by atoms with Gasteiger partial charge >= 0.3 is 0 Å². The van der Waals surface area contributed by atoms with Crippen molar-refractivity contribution in [2.45, 2.75) is 19.6 Å². The van der Waals surface area contributed by atoms with E-state index in [1.807, 2.05) is 30.4 Å². The van der Waals surface area contributed by atoms with Gasteiger partial charge in [0.1, 0.15) is 51.7 Å². The molecule has 2 N–H and O–H groups in total.